The fourth-order valence-electron chi connectivity index (χ4n) is 8.01. The van der Waals surface area contributed by atoms with Crippen LogP contribution in [-0.4, -0.2) is 4.57 Å². The Morgan fingerprint density at radius 3 is 1.94 bits per heavy atom. The molecule has 11 rings (SSSR count). The lowest BCUT2D eigenvalue weighted by atomic mass is 10.0. The average molecular weight is 673 g/mol. The Labute approximate surface area is 296 Å². The van der Waals surface area contributed by atoms with Crippen LogP contribution >= 0.6 is 22.7 Å². The molecule has 3 aromatic heterocycles. The van der Waals surface area contributed by atoms with Crippen molar-refractivity contribution in [2.24, 2.45) is 0 Å². The second-order valence-corrected chi connectivity index (χ2v) is 15.0. The topological polar surface area (TPSA) is 8.17 Å². The standard InChI is InChI=1S/C46H28N2S2/c1-2-14-30(15-3-1)48-38-21-9-6-17-33(38)35-20-12-22-39(45(35)48)47(31-25-26-43-37(28-31)34-18-7-10-23-41(34)49-43)40-27-29-13-4-5-16-32(29)44-36-19-8-11-24-42(36)50-46(40)44/h1-28H. The summed E-state index contributed by atoms with van der Waals surface area (Å²) < 4.78 is 7.66. The predicted octanol–water partition coefficient (Wildman–Crippen LogP) is 14.1. The molecule has 0 saturated heterocycles. The summed E-state index contributed by atoms with van der Waals surface area (Å²) in [5.41, 5.74) is 7.03. The monoisotopic (exact) mass is 672 g/mol. The first-order valence-electron chi connectivity index (χ1n) is 16.9. The Kier molecular flexibility index (Phi) is 6.03. The maximum Gasteiger partial charge on any atom is 0.0782 e. The van der Waals surface area contributed by atoms with Gasteiger partial charge in [0.15, 0.2) is 0 Å². The Hall–Kier alpha value is -5.94. The first-order chi connectivity index (χ1) is 24.8. The first kappa shape index (κ1) is 28.0. The van der Waals surface area contributed by atoms with Crippen molar-refractivity contribution in [1.29, 1.82) is 0 Å². The van der Waals surface area contributed by atoms with Gasteiger partial charge in [-0.1, -0.05) is 109 Å². The molecule has 3 heterocycles. The number of nitrogens with zero attached hydrogens (tertiary/aromatic N) is 2. The number of thiophene rings is 2. The van der Waals surface area contributed by atoms with E-state index in [-0.39, 0.29) is 0 Å². The largest absolute Gasteiger partial charge is 0.307 e. The molecule has 2 nitrogen and oxygen atoms in total. The Morgan fingerprint density at radius 1 is 0.420 bits per heavy atom. The van der Waals surface area contributed by atoms with Gasteiger partial charge in [-0.3, -0.25) is 0 Å². The van der Waals surface area contributed by atoms with Crippen LogP contribution in [0.4, 0.5) is 17.1 Å². The van der Waals surface area contributed by atoms with E-state index < -0.39 is 0 Å². The first-order valence-corrected chi connectivity index (χ1v) is 18.6. The lowest BCUT2D eigenvalue weighted by molar-refractivity contribution is 1.17. The van der Waals surface area contributed by atoms with Gasteiger partial charge in [-0.2, -0.15) is 0 Å². The molecule has 0 atom stereocenters. The highest BCUT2D eigenvalue weighted by atomic mass is 32.1. The van der Waals surface area contributed by atoms with Crippen LogP contribution < -0.4 is 4.90 Å². The summed E-state index contributed by atoms with van der Waals surface area (Å²) in [5, 5.41) is 10.2. The summed E-state index contributed by atoms with van der Waals surface area (Å²) in [7, 11) is 0. The minimum absolute atomic E-state index is 1.15. The fraction of sp³-hybridized carbons (Fsp3) is 0. The molecule has 0 bridgehead atoms. The zero-order chi connectivity index (χ0) is 32.8. The second kappa shape index (κ2) is 10.8. The van der Waals surface area contributed by atoms with Gasteiger partial charge in [-0.25, -0.2) is 0 Å². The highest BCUT2D eigenvalue weighted by molar-refractivity contribution is 7.26. The minimum atomic E-state index is 1.15. The van der Waals surface area contributed by atoms with E-state index in [1.54, 1.807) is 0 Å². The molecule has 234 valence electrons. The summed E-state index contributed by atoms with van der Waals surface area (Å²) in [5.74, 6) is 0. The van der Waals surface area contributed by atoms with Crippen LogP contribution in [0.1, 0.15) is 0 Å². The van der Waals surface area contributed by atoms with Crippen LogP contribution in [0.2, 0.25) is 0 Å². The smallest absolute Gasteiger partial charge is 0.0782 e. The van der Waals surface area contributed by atoms with Gasteiger partial charge in [0.1, 0.15) is 0 Å². The molecule has 0 N–H and O–H groups in total. The van der Waals surface area contributed by atoms with Crippen LogP contribution in [0, 0.1) is 0 Å². The molecule has 0 amide bonds. The van der Waals surface area contributed by atoms with E-state index in [0.717, 1.165) is 17.1 Å². The minimum Gasteiger partial charge on any atom is -0.307 e. The van der Waals surface area contributed by atoms with Crippen LogP contribution in [0.25, 0.3) is 78.6 Å². The molecule has 11 aromatic rings. The highest BCUT2D eigenvalue weighted by Crippen LogP contribution is 2.51. The molecule has 4 heteroatoms. The molecular weight excluding hydrogens is 645 g/mol. The van der Waals surface area contributed by atoms with Crippen LogP contribution in [0.5, 0.6) is 0 Å². The maximum absolute atomic E-state index is 2.54. The normalized spacial score (nSPS) is 12.0. The van der Waals surface area contributed by atoms with Crippen molar-refractivity contribution in [2.75, 3.05) is 4.90 Å². The quantitative estimate of drug-likeness (QED) is 0.181. The third kappa shape index (κ3) is 4.01. The lowest BCUT2D eigenvalue weighted by Crippen LogP contribution is -2.12. The van der Waals surface area contributed by atoms with Crippen molar-refractivity contribution in [3.05, 3.63) is 170 Å². The van der Waals surface area contributed by atoms with Crippen molar-refractivity contribution in [2.45, 2.75) is 0 Å². The SMILES string of the molecule is c1ccc(-n2c3ccccc3c3cccc(N(c4ccc5sc6ccccc6c5c4)c4cc5ccccc5c5c4sc4ccccc45)c32)cc1. The van der Waals surface area contributed by atoms with Crippen molar-refractivity contribution in [1.82, 2.24) is 4.57 Å². The van der Waals surface area contributed by atoms with Gasteiger partial charge in [0, 0.05) is 57.8 Å². The Balaban J connectivity index is 1.32. The lowest BCUT2D eigenvalue weighted by Gasteiger charge is -2.28. The van der Waals surface area contributed by atoms with Crippen LogP contribution in [0.3, 0.4) is 0 Å². The molecule has 0 aliphatic rings. The third-order valence-corrected chi connectivity index (χ3v) is 12.5. The maximum atomic E-state index is 2.54. The molecule has 0 spiro atoms. The summed E-state index contributed by atoms with van der Waals surface area (Å²) in [6.07, 6.45) is 0. The number of para-hydroxylation sites is 3. The van der Waals surface area contributed by atoms with Crippen molar-refractivity contribution >= 4 is 113 Å². The van der Waals surface area contributed by atoms with E-state index in [4.69, 9.17) is 0 Å². The van der Waals surface area contributed by atoms with Gasteiger partial charge in [0.25, 0.3) is 0 Å². The predicted molar refractivity (Wildman–Crippen MR) is 219 cm³/mol. The molecule has 0 aliphatic carbocycles. The second-order valence-electron chi connectivity index (χ2n) is 12.9. The van der Waals surface area contributed by atoms with Gasteiger partial charge in [0.2, 0.25) is 0 Å². The Bertz CT molecular complexity index is 3110. The van der Waals surface area contributed by atoms with Crippen LogP contribution in [-0.2, 0) is 0 Å². The number of aromatic nitrogens is 1. The average Bonchev–Trinajstić information content (AvgIpc) is 3.86. The molecule has 50 heavy (non-hydrogen) atoms. The van der Waals surface area contributed by atoms with Crippen molar-refractivity contribution in [3.8, 4) is 5.69 Å². The number of rotatable bonds is 4. The van der Waals surface area contributed by atoms with E-state index in [9.17, 15) is 0 Å². The van der Waals surface area contributed by atoms with E-state index in [1.165, 1.54) is 78.6 Å². The molecule has 0 saturated carbocycles. The molecule has 0 aliphatic heterocycles. The van der Waals surface area contributed by atoms with Gasteiger partial charge < -0.3 is 9.47 Å². The summed E-state index contributed by atoms with van der Waals surface area (Å²) >= 11 is 3.76. The molecular formula is C46H28N2S2. The van der Waals surface area contributed by atoms with E-state index >= 15 is 0 Å². The fourth-order valence-corrected chi connectivity index (χ4v) is 10.3. The van der Waals surface area contributed by atoms with Crippen LogP contribution in [0.15, 0.2) is 170 Å². The van der Waals surface area contributed by atoms with Gasteiger partial charge in [-0.05, 0) is 71.4 Å². The van der Waals surface area contributed by atoms with E-state index in [0.29, 0.717) is 0 Å². The van der Waals surface area contributed by atoms with Gasteiger partial charge in [-0.15, -0.1) is 22.7 Å². The number of anilines is 3. The third-order valence-electron chi connectivity index (χ3n) is 10.1. The van der Waals surface area contributed by atoms with Crippen molar-refractivity contribution < 1.29 is 0 Å². The van der Waals surface area contributed by atoms with E-state index in [2.05, 4.69) is 179 Å². The molecule has 0 unspecified atom stereocenters. The number of hydrogen-bond acceptors (Lipinski definition) is 3. The molecule has 8 aromatic carbocycles. The van der Waals surface area contributed by atoms with E-state index in [1.807, 2.05) is 22.7 Å². The highest BCUT2D eigenvalue weighted by Gasteiger charge is 2.25. The Morgan fingerprint density at radius 2 is 1.08 bits per heavy atom. The van der Waals surface area contributed by atoms with Gasteiger partial charge >= 0.3 is 0 Å². The van der Waals surface area contributed by atoms with Crippen molar-refractivity contribution in [3.63, 3.8) is 0 Å². The summed E-state index contributed by atoms with van der Waals surface area (Å²) in [6, 6.07) is 62.4. The van der Waals surface area contributed by atoms with Gasteiger partial charge in [0.05, 0.1) is 27.1 Å². The molecule has 0 fully saturated rings. The summed E-state index contributed by atoms with van der Waals surface area (Å²) in [4.78, 5) is 2.54. The number of hydrogen-bond donors (Lipinski definition) is 0. The number of benzene rings is 8. The number of fused-ring (bicyclic) bond motifs is 11. The zero-order valence-corrected chi connectivity index (χ0v) is 28.5. The summed E-state index contributed by atoms with van der Waals surface area (Å²) in [6.45, 7) is 0. The zero-order valence-electron chi connectivity index (χ0n) is 26.9. The molecule has 0 radical (unpaired) electrons.